The zero-order valence-electron chi connectivity index (χ0n) is 23.4. The molecule has 4 aromatic rings. The molecule has 216 valence electrons. The molecule has 2 aliphatic heterocycles. The van der Waals surface area contributed by atoms with Gasteiger partial charge in [0.2, 0.25) is 0 Å². The van der Waals surface area contributed by atoms with Gasteiger partial charge in [-0.1, -0.05) is 66.7 Å². The van der Waals surface area contributed by atoms with Crippen molar-refractivity contribution in [2.75, 3.05) is 13.1 Å². The Balaban J connectivity index is 1.04. The van der Waals surface area contributed by atoms with Gasteiger partial charge in [-0.2, -0.15) is 0 Å². The molecule has 0 unspecified atom stereocenters. The van der Waals surface area contributed by atoms with Gasteiger partial charge in [0.25, 0.3) is 0 Å². The minimum Gasteiger partial charge on any atom is -0.487 e. The van der Waals surface area contributed by atoms with Crippen LogP contribution in [0.1, 0.15) is 41.6 Å². The molecule has 3 heterocycles. The lowest BCUT2D eigenvalue weighted by Gasteiger charge is -2.44. The number of likely N-dealkylation sites (tertiary alicyclic amines) is 1. The smallest absolute Gasteiger partial charge is 0.410 e. The third kappa shape index (κ3) is 6.65. The van der Waals surface area contributed by atoms with Crippen molar-refractivity contribution in [3.8, 4) is 16.9 Å². The first-order chi connectivity index (χ1) is 20.4. The number of sulfone groups is 1. The summed E-state index contributed by atoms with van der Waals surface area (Å²) in [5, 5.41) is 0. The molecule has 6 rings (SSSR count). The highest BCUT2D eigenvalue weighted by Gasteiger charge is 2.40. The molecule has 0 saturated carbocycles. The molecule has 42 heavy (non-hydrogen) atoms. The van der Waals surface area contributed by atoms with Gasteiger partial charge >= 0.3 is 6.09 Å². The van der Waals surface area contributed by atoms with Crippen LogP contribution in [0.15, 0.2) is 97.2 Å². The van der Waals surface area contributed by atoms with Gasteiger partial charge in [-0.25, -0.2) is 13.2 Å². The van der Waals surface area contributed by atoms with Crippen LogP contribution in [0.4, 0.5) is 4.79 Å². The highest BCUT2D eigenvalue weighted by atomic mass is 32.2. The third-order valence-corrected chi connectivity index (χ3v) is 9.65. The SMILES string of the molecule is O=C(OCc1ccccc1)N1CCC2(CCc3cc(-c4ccc(CS(=O)(=O)Cc5ccccn5)cc4)ccc3O2)CC1. The first-order valence-electron chi connectivity index (χ1n) is 14.3. The summed E-state index contributed by atoms with van der Waals surface area (Å²) in [6, 6.07) is 29.0. The van der Waals surface area contributed by atoms with Crippen LogP contribution in [0, 0.1) is 0 Å². The van der Waals surface area contributed by atoms with Crippen LogP contribution in [0.5, 0.6) is 5.75 Å². The van der Waals surface area contributed by atoms with E-state index in [0.717, 1.165) is 53.7 Å². The van der Waals surface area contributed by atoms with Gasteiger partial charge in [0, 0.05) is 32.1 Å². The summed E-state index contributed by atoms with van der Waals surface area (Å²) < 4.78 is 37.4. The number of aromatic nitrogens is 1. The largest absolute Gasteiger partial charge is 0.487 e. The number of aryl methyl sites for hydroxylation is 1. The Labute approximate surface area is 247 Å². The fourth-order valence-electron chi connectivity index (χ4n) is 5.77. The number of rotatable bonds is 7. The molecule has 3 aromatic carbocycles. The quantitative estimate of drug-likeness (QED) is 0.252. The summed E-state index contributed by atoms with van der Waals surface area (Å²) in [6.45, 7) is 1.51. The van der Waals surface area contributed by atoms with Crippen molar-refractivity contribution < 1.29 is 22.7 Å². The average Bonchev–Trinajstić information content (AvgIpc) is 3.01. The minimum absolute atomic E-state index is 0.0217. The number of pyridine rings is 1. The second-order valence-corrected chi connectivity index (χ2v) is 13.2. The third-order valence-electron chi connectivity index (χ3n) is 8.14. The number of carbonyl (C=O) groups is 1. The molecule has 0 radical (unpaired) electrons. The first-order valence-corrected chi connectivity index (χ1v) is 16.2. The van der Waals surface area contributed by atoms with Gasteiger partial charge in [0.15, 0.2) is 9.84 Å². The maximum absolute atomic E-state index is 12.7. The second kappa shape index (κ2) is 12.0. The molecule has 0 N–H and O–H groups in total. The van der Waals surface area contributed by atoms with E-state index >= 15 is 0 Å². The Bertz CT molecular complexity index is 1630. The van der Waals surface area contributed by atoms with Crippen LogP contribution in [0.3, 0.4) is 0 Å². The molecule has 1 saturated heterocycles. The zero-order chi connectivity index (χ0) is 29.0. The topological polar surface area (TPSA) is 85.8 Å². The molecule has 1 aromatic heterocycles. The molecule has 8 heteroatoms. The van der Waals surface area contributed by atoms with Gasteiger partial charge in [0.05, 0.1) is 17.2 Å². The van der Waals surface area contributed by atoms with Gasteiger partial charge in [0.1, 0.15) is 18.0 Å². The van der Waals surface area contributed by atoms with Crippen LogP contribution in [-0.2, 0) is 39.1 Å². The van der Waals surface area contributed by atoms with Crippen LogP contribution < -0.4 is 4.74 Å². The number of nitrogens with zero attached hydrogens (tertiary/aromatic N) is 2. The summed E-state index contributed by atoms with van der Waals surface area (Å²) in [5.74, 6) is 0.812. The fourth-order valence-corrected chi connectivity index (χ4v) is 7.19. The molecule has 7 nitrogen and oxygen atoms in total. The predicted molar refractivity (Wildman–Crippen MR) is 162 cm³/mol. The van der Waals surface area contributed by atoms with E-state index in [4.69, 9.17) is 9.47 Å². The molecule has 0 bridgehead atoms. The van der Waals surface area contributed by atoms with Gasteiger partial charge in [-0.05, 0) is 64.9 Å². The van der Waals surface area contributed by atoms with E-state index in [1.54, 1.807) is 29.3 Å². The maximum atomic E-state index is 12.7. The van der Waals surface area contributed by atoms with Crippen molar-refractivity contribution in [1.29, 1.82) is 0 Å². The summed E-state index contributed by atoms with van der Waals surface area (Å²) in [6.07, 6.45) is 4.71. The van der Waals surface area contributed by atoms with E-state index in [0.29, 0.717) is 18.8 Å². The van der Waals surface area contributed by atoms with E-state index in [2.05, 4.69) is 17.1 Å². The zero-order valence-corrected chi connectivity index (χ0v) is 24.3. The molecular formula is C34H34N2O5S. The molecule has 1 fully saturated rings. The summed E-state index contributed by atoms with van der Waals surface area (Å²) in [5.41, 5.74) is 5.31. The summed E-state index contributed by atoms with van der Waals surface area (Å²) in [7, 11) is -3.32. The molecule has 0 atom stereocenters. The lowest BCUT2D eigenvalue weighted by atomic mass is 9.82. The summed E-state index contributed by atoms with van der Waals surface area (Å²) >= 11 is 0. The number of amides is 1. The second-order valence-electron chi connectivity index (χ2n) is 11.2. The minimum atomic E-state index is -3.32. The number of hydrogen-bond donors (Lipinski definition) is 0. The van der Waals surface area contributed by atoms with Crippen molar-refractivity contribution in [2.24, 2.45) is 0 Å². The number of ether oxygens (including phenoxy) is 2. The molecular weight excluding hydrogens is 548 g/mol. The van der Waals surface area contributed by atoms with E-state index in [9.17, 15) is 13.2 Å². The number of hydrogen-bond acceptors (Lipinski definition) is 6. The van der Waals surface area contributed by atoms with Crippen LogP contribution in [0.25, 0.3) is 11.1 Å². The van der Waals surface area contributed by atoms with Gasteiger partial charge in [-0.15, -0.1) is 0 Å². The van der Waals surface area contributed by atoms with Gasteiger partial charge < -0.3 is 14.4 Å². The molecule has 0 aliphatic carbocycles. The standard InChI is InChI=1S/C34H34N2O5S/c37-33(40-23-26-6-2-1-3-7-26)36-20-17-34(18-21-36)16-15-30-22-29(13-14-32(30)41-34)28-11-9-27(10-12-28)24-42(38,39)25-31-8-4-5-19-35-31/h1-14,19,22H,15-18,20-21,23-25H2. The first kappa shape index (κ1) is 28.0. The van der Waals surface area contributed by atoms with Crippen molar-refractivity contribution in [2.45, 2.75) is 49.4 Å². The number of carbonyl (C=O) groups excluding carboxylic acids is 1. The van der Waals surface area contributed by atoms with Crippen LogP contribution in [-0.4, -0.2) is 43.1 Å². The van der Waals surface area contributed by atoms with E-state index < -0.39 is 9.84 Å². The van der Waals surface area contributed by atoms with Crippen molar-refractivity contribution in [1.82, 2.24) is 9.88 Å². The number of piperidine rings is 1. The Morgan fingerprint density at radius 1 is 0.833 bits per heavy atom. The molecule has 1 amide bonds. The lowest BCUT2D eigenvalue weighted by molar-refractivity contribution is -0.0150. The predicted octanol–water partition coefficient (Wildman–Crippen LogP) is 6.36. The monoisotopic (exact) mass is 582 g/mol. The highest BCUT2D eigenvalue weighted by molar-refractivity contribution is 7.89. The number of fused-ring (bicyclic) bond motifs is 1. The van der Waals surface area contributed by atoms with E-state index in [-0.39, 0.29) is 29.8 Å². The van der Waals surface area contributed by atoms with Crippen LogP contribution >= 0.6 is 0 Å². The maximum Gasteiger partial charge on any atom is 0.410 e. The van der Waals surface area contributed by atoms with Crippen LogP contribution in [0.2, 0.25) is 0 Å². The number of benzene rings is 3. The Hall–Kier alpha value is -4.17. The summed E-state index contributed by atoms with van der Waals surface area (Å²) in [4.78, 5) is 18.5. The Morgan fingerprint density at radius 3 is 2.31 bits per heavy atom. The average molecular weight is 583 g/mol. The lowest BCUT2D eigenvalue weighted by Crippen LogP contribution is -2.51. The van der Waals surface area contributed by atoms with Crippen molar-refractivity contribution in [3.63, 3.8) is 0 Å². The van der Waals surface area contributed by atoms with Crippen molar-refractivity contribution in [3.05, 3.63) is 120 Å². The molecule has 2 aliphatic rings. The molecule has 1 spiro atoms. The van der Waals surface area contributed by atoms with E-state index in [1.807, 2.05) is 60.7 Å². The normalized spacial score (nSPS) is 16.0. The van der Waals surface area contributed by atoms with Crippen molar-refractivity contribution >= 4 is 15.9 Å². The fraction of sp³-hybridized carbons (Fsp3) is 0.294. The van der Waals surface area contributed by atoms with E-state index in [1.165, 1.54) is 5.56 Å². The highest BCUT2D eigenvalue weighted by Crippen LogP contribution is 2.41. The Kier molecular flexibility index (Phi) is 7.98. The van der Waals surface area contributed by atoms with Gasteiger partial charge in [-0.3, -0.25) is 4.98 Å². The Morgan fingerprint density at radius 2 is 1.57 bits per heavy atom.